The van der Waals surface area contributed by atoms with E-state index in [9.17, 15) is 14.7 Å². The van der Waals surface area contributed by atoms with Gasteiger partial charge in [-0.15, -0.1) is 11.6 Å². The lowest BCUT2D eigenvalue weighted by Crippen LogP contribution is -2.35. The highest BCUT2D eigenvalue weighted by molar-refractivity contribution is 7.54. The maximum Gasteiger partial charge on any atom is 0.433 e. The zero-order valence-corrected chi connectivity index (χ0v) is 14.4. The molecule has 0 aliphatic heterocycles. The Balaban J connectivity index is 2.74. The first-order valence-electron chi connectivity index (χ1n) is 6.89. The molecule has 1 aromatic rings. The van der Waals surface area contributed by atoms with Crippen LogP contribution in [0.3, 0.4) is 0 Å². The summed E-state index contributed by atoms with van der Waals surface area (Å²) in [4.78, 5) is 9.92. The summed E-state index contributed by atoms with van der Waals surface area (Å²) in [6, 6.07) is 2.37. The van der Waals surface area contributed by atoms with E-state index in [2.05, 4.69) is 10.2 Å². The van der Waals surface area contributed by atoms with Crippen LogP contribution in [0.4, 0.5) is 5.88 Å². The van der Waals surface area contributed by atoms with E-state index >= 15 is 0 Å². The molecule has 3 atom stereocenters. The molecule has 0 bridgehead atoms. The number of furan rings is 1. The van der Waals surface area contributed by atoms with Crippen molar-refractivity contribution >= 4 is 25.2 Å². The quantitative estimate of drug-likeness (QED) is 0.287. The Kier molecular flexibility index (Phi) is 7.52. The number of nitro groups is 1. The third kappa shape index (κ3) is 6.06. The third-order valence-electron chi connectivity index (χ3n) is 2.84. The van der Waals surface area contributed by atoms with E-state index in [1.54, 1.807) is 6.92 Å². The van der Waals surface area contributed by atoms with E-state index in [1.165, 1.54) is 12.1 Å². The van der Waals surface area contributed by atoms with Crippen LogP contribution in [0.1, 0.15) is 33.0 Å². The molecule has 0 amide bonds. The molecule has 0 aromatic carbocycles. The minimum atomic E-state index is -3.36. The Labute approximate surface area is 134 Å². The van der Waals surface area contributed by atoms with Crippen molar-refractivity contribution in [1.29, 1.82) is 0 Å². The van der Waals surface area contributed by atoms with Gasteiger partial charge in [0.25, 0.3) is 0 Å². The van der Waals surface area contributed by atoms with Crippen molar-refractivity contribution in [3.05, 3.63) is 28.0 Å². The van der Waals surface area contributed by atoms with Gasteiger partial charge in [0.15, 0.2) is 0 Å². The van der Waals surface area contributed by atoms with Crippen LogP contribution in [-0.2, 0) is 15.7 Å². The first kappa shape index (κ1) is 19.1. The van der Waals surface area contributed by atoms with Crippen LogP contribution in [0, 0.1) is 10.1 Å². The summed E-state index contributed by atoms with van der Waals surface area (Å²) in [5, 5.41) is 16.3. The van der Waals surface area contributed by atoms with Gasteiger partial charge in [0.2, 0.25) is 0 Å². The molecule has 22 heavy (non-hydrogen) atoms. The highest BCUT2D eigenvalue weighted by Gasteiger charge is 2.27. The lowest BCUT2D eigenvalue weighted by Gasteiger charge is -2.25. The van der Waals surface area contributed by atoms with Crippen molar-refractivity contribution in [2.75, 3.05) is 5.88 Å². The van der Waals surface area contributed by atoms with E-state index in [1.807, 2.05) is 13.8 Å². The van der Waals surface area contributed by atoms with Crippen LogP contribution in [-0.4, -0.2) is 22.9 Å². The summed E-state index contributed by atoms with van der Waals surface area (Å²) < 4.78 is 23.2. The van der Waals surface area contributed by atoms with Crippen molar-refractivity contribution in [2.45, 2.75) is 45.9 Å². The summed E-state index contributed by atoms with van der Waals surface area (Å²) in [7, 11) is -3.36. The SMILES string of the molecule is CC[C@H](C)NP(=O)(N[C@@H](C)CCl)OCc1ccc([N+](=O)[O-])o1. The molecule has 0 spiro atoms. The lowest BCUT2D eigenvalue weighted by atomic mass is 10.3. The van der Waals surface area contributed by atoms with Crippen LogP contribution in [0.15, 0.2) is 16.5 Å². The monoisotopic (exact) mass is 353 g/mol. The fourth-order valence-electron chi connectivity index (χ4n) is 1.51. The number of nitrogens with one attached hydrogen (secondary N) is 2. The molecule has 8 nitrogen and oxygen atoms in total. The Morgan fingerprint density at radius 1 is 1.41 bits per heavy atom. The lowest BCUT2D eigenvalue weighted by molar-refractivity contribution is -0.402. The molecule has 0 saturated heterocycles. The number of halogens is 1. The number of hydrogen-bond acceptors (Lipinski definition) is 5. The predicted octanol–water partition coefficient (Wildman–Crippen LogP) is 3.42. The van der Waals surface area contributed by atoms with Crippen LogP contribution in [0.2, 0.25) is 0 Å². The van der Waals surface area contributed by atoms with Gasteiger partial charge in [-0.25, -0.2) is 10.2 Å². The fourth-order valence-corrected chi connectivity index (χ4v) is 3.67. The Morgan fingerprint density at radius 3 is 2.55 bits per heavy atom. The Hall–Kier alpha value is -0.920. The van der Waals surface area contributed by atoms with E-state index in [0.29, 0.717) is 0 Å². The third-order valence-corrected chi connectivity index (χ3v) is 5.36. The second kappa shape index (κ2) is 8.64. The maximum absolute atomic E-state index is 12.8. The van der Waals surface area contributed by atoms with Crippen LogP contribution < -0.4 is 10.2 Å². The molecule has 2 N–H and O–H groups in total. The van der Waals surface area contributed by atoms with E-state index in [0.717, 1.165) is 6.42 Å². The van der Waals surface area contributed by atoms with Gasteiger partial charge < -0.3 is 4.42 Å². The summed E-state index contributed by atoms with van der Waals surface area (Å²) in [5.41, 5.74) is 0. The molecule has 126 valence electrons. The van der Waals surface area contributed by atoms with Crippen molar-refractivity contribution in [3.63, 3.8) is 0 Å². The molecule has 1 rings (SSSR count). The largest absolute Gasteiger partial charge is 0.433 e. The number of rotatable bonds is 10. The molecule has 0 aliphatic rings. The van der Waals surface area contributed by atoms with Gasteiger partial charge in [0.1, 0.15) is 17.3 Å². The van der Waals surface area contributed by atoms with Crippen LogP contribution in [0.5, 0.6) is 0 Å². The van der Waals surface area contributed by atoms with Crippen molar-refractivity contribution in [2.24, 2.45) is 0 Å². The number of nitrogens with zero attached hydrogens (tertiary/aromatic N) is 1. The average Bonchev–Trinajstić information content (AvgIpc) is 2.94. The molecule has 1 aromatic heterocycles. The van der Waals surface area contributed by atoms with Crippen molar-refractivity contribution < 1.29 is 18.4 Å². The zero-order valence-electron chi connectivity index (χ0n) is 12.7. The first-order chi connectivity index (χ1) is 10.3. The highest BCUT2D eigenvalue weighted by Crippen LogP contribution is 2.40. The van der Waals surface area contributed by atoms with E-state index in [-0.39, 0.29) is 36.2 Å². The molecule has 0 aliphatic carbocycles. The first-order valence-corrected chi connectivity index (χ1v) is 9.04. The van der Waals surface area contributed by atoms with Gasteiger partial charge in [0, 0.05) is 18.0 Å². The summed E-state index contributed by atoms with van der Waals surface area (Å²) in [5.74, 6) is 0.102. The molecule has 1 heterocycles. The molecular weight excluding hydrogens is 333 g/mol. The van der Waals surface area contributed by atoms with Gasteiger partial charge in [-0.1, -0.05) is 6.92 Å². The maximum atomic E-state index is 12.8. The minimum Gasteiger partial charge on any atom is -0.403 e. The Morgan fingerprint density at radius 2 is 2.05 bits per heavy atom. The van der Waals surface area contributed by atoms with E-state index in [4.69, 9.17) is 20.5 Å². The molecular formula is C12H21ClN3O5P. The minimum absolute atomic E-state index is 0.0354. The number of hydrogen-bond donors (Lipinski definition) is 2. The van der Waals surface area contributed by atoms with Crippen LogP contribution in [0.25, 0.3) is 0 Å². The summed E-state index contributed by atoms with van der Waals surface area (Å²) in [6.07, 6.45) is 0.760. The topological polar surface area (TPSA) is 107 Å². The second-order valence-corrected chi connectivity index (χ2v) is 7.13. The highest BCUT2D eigenvalue weighted by atomic mass is 35.5. The molecule has 0 radical (unpaired) electrons. The van der Waals surface area contributed by atoms with Gasteiger partial charge >= 0.3 is 13.6 Å². The van der Waals surface area contributed by atoms with Gasteiger partial charge in [-0.05, 0) is 26.3 Å². The molecule has 10 heteroatoms. The normalized spacial score (nSPS) is 16.9. The zero-order chi connectivity index (χ0) is 16.8. The molecule has 0 fully saturated rings. The smallest absolute Gasteiger partial charge is 0.403 e. The van der Waals surface area contributed by atoms with Crippen molar-refractivity contribution in [1.82, 2.24) is 10.2 Å². The average molecular weight is 354 g/mol. The van der Waals surface area contributed by atoms with Gasteiger partial charge in [-0.3, -0.25) is 19.2 Å². The summed E-state index contributed by atoms with van der Waals surface area (Å²) >= 11 is 5.72. The standard InChI is InChI=1S/C12H21ClN3O5P/c1-4-9(2)14-22(19,15-10(3)7-13)20-8-11-5-6-12(21-11)16(17)18/h5-6,9-10H,4,7-8H2,1-3H3,(H2,14,15,19)/t9-,10-,22?/m0/s1. The van der Waals surface area contributed by atoms with Gasteiger partial charge in [-0.2, -0.15) is 0 Å². The summed E-state index contributed by atoms with van der Waals surface area (Å²) in [6.45, 7) is 5.44. The predicted molar refractivity (Wildman–Crippen MR) is 84.0 cm³/mol. The molecule has 1 unspecified atom stereocenters. The van der Waals surface area contributed by atoms with Crippen LogP contribution >= 0.6 is 19.3 Å². The van der Waals surface area contributed by atoms with E-state index < -0.39 is 12.6 Å². The van der Waals surface area contributed by atoms with Crippen molar-refractivity contribution in [3.8, 4) is 0 Å². The number of alkyl halides is 1. The molecule has 0 saturated carbocycles. The second-order valence-electron chi connectivity index (χ2n) is 4.94. The fraction of sp³-hybridized carbons (Fsp3) is 0.667. The van der Waals surface area contributed by atoms with Gasteiger partial charge in [0.05, 0.1) is 6.07 Å². The Bertz CT molecular complexity index is 523.